The van der Waals surface area contributed by atoms with Crippen molar-refractivity contribution < 1.29 is 28.7 Å². The van der Waals surface area contributed by atoms with Gasteiger partial charge >= 0.3 is 6.03 Å². The fourth-order valence-electron chi connectivity index (χ4n) is 3.72. The Labute approximate surface area is 243 Å². The van der Waals surface area contributed by atoms with Crippen LogP contribution < -0.4 is 25.0 Å². The lowest BCUT2D eigenvalue weighted by Crippen LogP contribution is -2.54. The highest BCUT2D eigenvalue weighted by Crippen LogP contribution is 2.35. The Hall–Kier alpha value is -3.90. The van der Waals surface area contributed by atoms with E-state index in [1.165, 1.54) is 18.2 Å². The molecule has 3 aromatic carbocycles. The molecule has 1 fully saturated rings. The third-order valence-electron chi connectivity index (χ3n) is 5.49. The van der Waals surface area contributed by atoms with Crippen molar-refractivity contribution in [1.29, 1.82) is 0 Å². The van der Waals surface area contributed by atoms with E-state index in [2.05, 4.69) is 10.6 Å². The van der Waals surface area contributed by atoms with Crippen molar-refractivity contribution in [3.63, 3.8) is 0 Å². The first-order chi connectivity index (χ1) is 18.7. The molecule has 0 unspecified atom stereocenters. The Morgan fingerprint density at radius 1 is 1.08 bits per heavy atom. The van der Waals surface area contributed by atoms with Crippen molar-refractivity contribution in [2.24, 2.45) is 0 Å². The van der Waals surface area contributed by atoms with Gasteiger partial charge in [-0.25, -0.2) is 9.69 Å². The summed E-state index contributed by atoms with van der Waals surface area (Å²) in [6.45, 7) is 3.79. The number of rotatable bonds is 8. The molecular formula is C28H23ClIN3O6. The molecule has 0 spiro atoms. The topological polar surface area (TPSA) is 114 Å². The van der Waals surface area contributed by atoms with E-state index in [4.69, 9.17) is 21.1 Å². The highest BCUT2D eigenvalue weighted by atomic mass is 127. The number of urea groups is 1. The number of carbonyl (C=O) groups excluding carboxylic acids is 4. The first-order valence-corrected chi connectivity index (χ1v) is 13.2. The highest BCUT2D eigenvalue weighted by molar-refractivity contribution is 14.1. The maximum Gasteiger partial charge on any atom is 0.335 e. The summed E-state index contributed by atoms with van der Waals surface area (Å²) in [4.78, 5) is 51.5. The summed E-state index contributed by atoms with van der Waals surface area (Å²) in [6, 6.07) is 15.9. The van der Waals surface area contributed by atoms with Crippen LogP contribution in [0.5, 0.6) is 11.5 Å². The molecule has 3 aromatic rings. The third kappa shape index (κ3) is 6.76. The van der Waals surface area contributed by atoms with Gasteiger partial charge in [0.05, 0.1) is 15.9 Å². The minimum absolute atomic E-state index is 0.223. The van der Waals surface area contributed by atoms with Gasteiger partial charge in [-0.1, -0.05) is 35.4 Å². The molecule has 4 rings (SSSR count). The number of nitrogens with one attached hydrogen (secondary N) is 2. The zero-order chi connectivity index (χ0) is 28.1. The fraction of sp³-hybridized carbons (Fsp3) is 0.143. The number of benzene rings is 3. The number of hydrogen-bond donors (Lipinski definition) is 2. The molecule has 39 heavy (non-hydrogen) atoms. The summed E-state index contributed by atoms with van der Waals surface area (Å²) >= 11 is 8.04. The van der Waals surface area contributed by atoms with Gasteiger partial charge in [0.25, 0.3) is 17.7 Å². The molecule has 0 bridgehead atoms. The summed E-state index contributed by atoms with van der Waals surface area (Å²) in [5.74, 6) is -1.31. The lowest BCUT2D eigenvalue weighted by molar-refractivity contribution is -0.122. The predicted molar refractivity (Wildman–Crippen MR) is 156 cm³/mol. The second-order valence-electron chi connectivity index (χ2n) is 8.40. The number of barbiturate groups is 1. The minimum Gasteiger partial charge on any atom is -0.490 e. The van der Waals surface area contributed by atoms with E-state index < -0.39 is 17.8 Å². The van der Waals surface area contributed by atoms with E-state index in [0.717, 1.165) is 10.5 Å². The SMILES string of the molecule is CCOc1cc(/C=C2\C(=O)NC(=O)N(c3cccc(Cl)c3)C2=O)cc(I)c1OCC(=O)Nc1ccc(C)cc1. The normalized spacial score (nSPS) is 14.3. The van der Waals surface area contributed by atoms with E-state index in [1.54, 1.807) is 43.3 Å². The first kappa shape index (κ1) is 28.1. The Bertz CT molecular complexity index is 1490. The van der Waals surface area contributed by atoms with Gasteiger partial charge < -0.3 is 14.8 Å². The number of imide groups is 2. The van der Waals surface area contributed by atoms with Crippen LogP contribution in [0.15, 0.2) is 66.2 Å². The fourth-order valence-corrected chi connectivity index (χ4v) is 4.69. The maximum atomic E-state index is 13.2. The van der Waals surface area contributed by atoms with Gasteiger partial charge in [-0.05, 0) is 90.5 Å². The van der Waals surface area contributed by atoms with Gasteiger partial charge in [-0.3, -0.25) is 19.7 Å². The van der Waals surface area contributed by atoms with Crippen LogP contribution in [0.1, 0.15) is 18.1 Å². The molecule has 0 saturated carbocycles. The quantitative estimate of drug-likeness (QED) is 0.192. The molecule has 200 valence electrons. The van der Waals surface area contributed by atoms with Gasteiger partial charge in [0.15, 0.2) is 18.1 Å². The van der Waals surface area contributed by atoms with Crippen molar-refractivity contribution >= 4 is 75.4 Å². The van der Waals surface area contributed by atoms with E-state index >= 15 is 0 Å². The number of anilines is 2. The molecule has 5 amide bonds. The van der Waals surface area contributed by atoms with Gasteiger partial charge in [-0.15, -0.1) is 0 Å². The van der Waals surface area contributed by atoms with E-state index in [-0.39, 0.29) is 23.8 Å². The molecule has 0 aromatic heterocycles. The van der Waals surface area contributed by atoms with Crippen LogP contribution in [0.4, 0.5) is 16.2 Å². The highest BCUT2D eigenvalue weighted by Gasteiger charge is 2.37. The van der Waals surface area contributed by atoms with Crippen molar-refractivity contribution in [1.82, 2.24) is 5.32 Å². The summed E-state index contributed by atoms with van der Waals surface area (Å²) in [5.41, 5.74) is 2.15. The molecular weight excluding hydrogens is 637 g/mol. The molecule has 11 heteroatoms. The standard InChI is InChI=1S/C28H23ClIN3O6/c1-3-38-23-13-17(12-22(30)25(23)39-15-24(34)31-19-9-7-16(2)8-10-19)11-21-26(35)32-28(37)33(27(21)36)20-6-4-5-18(29)14-20/h4-14H,3,15H2,1-2H3,(H,31,34)(H,32,35,37)/b21-11+. The Kier molecular flexibility index (Phi) is 8.87. The second-order valence-corrected chi connectivity index (χ2v) is 10.0. The largest absolute Gasteiger partial charge is 0.490 e. The molecule has 9 nitrogen and oxygen atoms in total. The smallest absolute Gasteiger partial charge is 0.335 e. The number of hydrogen-bond acceptors (Lipinski definition) is 6. The summed E-state index contributed by atoms with van der Waals surface area (Å²) in [7, 11) is 0. The van der Waals surface area contributed by atoms with Gasteiger partial charge in [-0.2, -0.15) is 0 Å². The number of carbonyl (C=O) groups is 4. The van der Waals surface area contributed by atoms with E-state index in [0.29, 0.717) is 37.9 Å². The molecule has 1 aliphatic rings. The predicted octanol–water partition coefficient (Wildman–Crippen LogP) is 5.34. The Balaban J connectivity index is 1.58. The zero-order valence-corrected chi connectivity index (χ0v) is 23.8. The average Bonchev–Trinajstić information content (AvgIpc) is 2.87. The van der Waals surface area contributed by atoms with Crippen molar-refractivity contribution in [2.75, 3.05) is 23.4 Å². The number of ether oxygens (including phenoxy) is 2. The van der Waals surface area contributed by atoms with Gasteiger partial charge in [0.1, 0.15) is 5.57 Å². The van der Waals surface area contributed by atoms with Crippen LogP contribution in [-0.4, -0.2) is 37.0 Å². The zero-order valence-electron chi connectivity index (χ0n) is 20.9. The Morgan fingerprint density at radius 3 is 2.51 bits per heavy atom. The monoisotopic (exact) mass is 659 g/mol. The van der Waals surface area contributed by atoms with Crippen molar-refractivity contribution in [3.8, 4) is 11.5 Å². The van der Waals surface area contributed by atoms with Crippen LogP contribution >= 0.6 is 34.2 Å². The first-order valence-electron chi connectivity index (χ1n) is 11.8. The van der Waals surface area contributed by atoms with Crippen LogP contribution in [0, 0.1) is 10.5 Å². The van der Waals surface area contributed by atoms with Crippen LogP contribution in [0.2, 0.25) is 5.02 Å². The van der Waals surface area contributed by atoms with E-state index in [9.17, 15) is 19.2 Å². The molecule has 0 aliphatic carbocycles. The molecule has 0 atom stereocenters. The summed E-state index contributed by atoms with van der Waals surface area (Å²) < 4.78 is 12.1. The molecule has 1 heterocycles. The van der Waals surface area contributed by atoms with Gasteiger partial charge in [0.2, 0.25) is 0 Å². The minimum atomic E-state index is -0.873. The molecule has 0 radical (unpaired) electrons. The van der Waals surface area contributed by atoms with Gasteiger partial charge in [0, 0.05) is 10.7 Å². The number of halogens is 2. The lowest BCUT2D eigenvalue weighted by atomic mass is 10.1. The number of aryl methyl sites for hydroxylation is 1. The Morgan fingerprint density at radius 2 is 1.82 bits per heavy atom. The van der Waals surface area contributed by atoms with Crippen LogP contribution in [0.25, 0.3) is 6.08 Å². The summed E-state index contributed by atoms with van der Waals surface area (Å²) in [5, 5.41) is 5.28. The maximum absolute atomic E-state index is 13.2. The van der Waals surface area contributed by atoms with Crippen molar-refractivity contribution in [3.05, 3.63) is 86.0 Å². The molecule has 1 saturated heterocycles. The number of amides is 5. The van der Waals surface area contributed by atoms with Crippen LogP contribution in [-0.2, 0) is 14.4 Å². The second kappa shape index (κ2) is 12.3. The molecule has 1 aliphatic heterocycles. The van der Waals surface area contributed by atoms with Crippen molar-refractivity contribution in [2.45, 2.75) is 13.8 Å². The molecule has 2 N–H and O–H groups in total. The van der Waals surface area contributed by atoms with Crippen LogP contribution in [0.3, 0.4) is 0 Å². The number of nitrogens with zero attached hydrogens (tertiary/aromatic N) is 1. The average molecular weight is 660 g/mol. The third-order valence-corrected chi connectivity index (χ3v) is 6.53. The summed E-state index contributed by atoms with van der Waals surface area (Å²) in [6.07, 6.45) is 1.36. The van der Waals surface area contributed by atoms with E-state index in [1.807, 2.05) is 41.6 Å². The lowest BCUT2D eigenvalue weighted by Gasteiger charge is -2.26.